The second-order valence-electron chi connectivity index (χ2n) is 6.98. The fourth-order valence-electron chi connectivity index (χ4n) is 2.94. The smallest absolute Gasteiger partial charge is 0.262 e. The van der Waals surface area contributed by atoms with E-state index in [-0.39, 0.29) is 11.7 Å². The van der Waals surface area contributed by atoms with Crippen molar-refractivity contribution in [3.8, 4) is 11.8 Å². The molecule has 0 aliphatic rings. The van der Waals surface area contributed by atoms with Crippen molar-refractivity contribution in [3.05, 3.63) is 64.4 Å². The highest BCUT2D eigenvalue weighted by Crippen LogP contribution is 2.19. The summed E-state index contributed by atoms with van der Waals surface area (Å²) in [6, 6.07) is 16.6. The van der Waals surface area contributed by atoms with Crippen molar-refractivity contribution in [2.45, 2.75) is 38.1 Å². The first-order valence-electron chi connectivity index (χ1n) is 9.95. The van der Waals surface area contributed by atoms with Gasteiger partial charge in [0.2, 0.25) is 0 Å². The predicted octanol–water partition coefficient (Wildman–Crippen LogP) is 4.25. The number of hydrogen-bond donors (Lipinski definition) is 0. The maximum atomic E-state index is 13.0. The Hall–Kier alpha value is -2.82. The van der Waals surface area contributed by atoms with Gasteiger partial charge in [0.05, 0.1) is 35.2 Å². The van der Waals surface area contributed by atoms with Crippen LogP contribution in [-0.4, -0.2) is 34.6 Å². The van der Waals surface area contributed by atoms with E-state index < -0.39 is 0 Å². The van der Waals surface area contributed by atoms with E-state index in [4.69, 9.17) is 19.7 Å². The molecule has 0 N–H and O–H groups in total. The van der Waals surface area contributed by atoms with E-state index in [0.29, 0.717) is 52.9 Å². The molecule has 7 heteroatoms. The average Bonchev–Trinajstić information content (AvgIpc) is 2.75. The van der Waals surface area contributed by atoms with Crippen molar-refractivity contribution < 1.29 is 9.47 Å². The molecule has 0 fully saturated rings. The first-order chi connectivity index (χ1) is 14.6. The van der Waals surface area contributed by atoms with Crippen LogP contribution in [0.5, 0.6) is 5.75 Å². The fraction of sp³-hybridized carbons (Fsp3) is 0.348. The molecule has 30 heavy (non-hydrogen) atoms. The number of benzene rings is 2. The van der Waals surface area contributed by atoms with Crippen LogP contribution in [0, 0.1) is 11.3 Å². The maximum Gasteiger partial charge on any atom is 0.262 e. The molecule has 6 nitrogen and oxygen atoms in total. The summed E-state index contributed by atoms with van der Waals surface area (Å²) in [5, 5.41) is 10.3. The number of rotatable bonds is 10. The van der Waals surface area contributed by atoms with Gasteiger partial charge in [-0.2, -0.15) is 5.26 Å². The molecule has 0 saturated carbocycles. The van der Waals surface area contributed by atoms with Crippen LogP contribution in [0.15, 0.2) is 58.5 Å². The summed E-state index contributed by atoms with van der Waals surface area (Å²) in [6.45, 7) is 5.59. The Morgan fingerprint density at radius 2 is 2.00 bits per heavy atom. The molecule has 0 unspecified atom stereocenters. The van der Waals surface area contributed by atoms with Crippen LogP contribution in [0.25, 0.3) is 10.9 Å². The van der Waals surface area contributed by atoms with Gasteiger partial charge < -0.3 is 9.47 Å². The predicted molar refractivity (Wildman–Crippen MR) is 119 cm³/mol. The maximum absolute atomic E-state index is 13.0. The molecular formula is C23H25N3O3S. The van der Waals surface area contributed by atoms with E-state index in [0.717, 1.165) is 6.42 Å². The molecule has 0 radical (unpaired) electrons. The number of fused-ring (bicyclic) bond motifs is 1. The molecule has 0 saturated heterocycles. The van der Waals surface area contributed by atoms with Crippen molar-refractivity contribution in [1.29, 1.82) is 5.26 Å². The van der Waals surface area contributed by atoms with Gasteiger partial charge in [-0.05, 0) is 50.6 Å². The molecule has 3 aromatic rings. The minimum Gasteiger partial charge on any atom is -0.493 e. The zero-order chi connectivity index (χ0) is 21.3. The van der Waals surface area contributed by atoms with Crippen molar-refractivity contribution in [1.82, 2.24) is 9.55 Å². The van der Waals surface area contributed by atoms with Crippen molar-refractivity contribution >= 4 is 22.7 Å². The highest BCUT2D eigenvalue weighted by Gasteiger charge is 2.11. The molecule has 2 aromatic carbocycles. The molecule has 156 valence electrons. The molecule has 1 heterocycles. The number of hydrogen-bond acceptors (Lipinski definition) is 6. The summed E-state index contributed by atoms with van der Waals surface area (Å²) in [4.78, 5) is 17.7. The Balaban J connectivity index is 1.70. The minimum atomic E-state index is -0.0321. The second kappa shape index (κ2) is 10.8. The van der Waals surface area contributed by atoms with E-state index in [1.165, 1.54) is 11.8 Å². The fourth-order valence-corrected chi connectivity index (χ4v) is 3.79. The molecule has 0 aliphatic heterocycles. The van der Waals surface area contributed by atoms with Crippen LogP contribution in [0.1, 0.15) is 25.8 Å². The molecule has 0 bridgehead atoms. The Labute approximate surface area is 180 Å². The third kappa shape index (κ3) is 5.85. The molecule has 1 aromatic heterocycles. The van der Waals surface area contributed by atoms with Crippen molar-refractivity contribution in [2.75, 3.05) is 19.0 Å². The summed E-state index contributed by atoms with van der Waals surface area (Å²) in [5.41, 5.74) is 1.23. The lowest BCUT2D eigenvalue weighted by atomic mass is 10.2. The third-order valence-electron chi connectivity index (χ3n) is 4.35. The van der Waals surface area contributed by atoms with Crippen molar-refractivity contribution in [3.63, 3.8) is 0 Å². The van der Waals surface area contributed by atoms with Gasteiger partial charge in [0.1, 0.15) is 5.75 Å². The second-order valence-corrected chi connectivity index (χ2v) is 8.04. The number of ether oxygens (including phenoxy) is 2. The third-order valence-corrected chi connectivity index (χ3v) is 5.29. The molecule has 0 atom stereocenters. The van der Waals surface area contributed by atoms with Gasteiger partial charge >= 0.3 is 0 Å². The van der Waals surface area contributed by atoms with E-state index in [1.807, 2.05) is 44.2 Å². The van der Waals surface area contributed by atoms with E-state index >= 15 is 0 Å². The van der Waals surface area contributed by atoms with Gasteiger partial charge in [-0.1, -0.05) is 30.0 Å². The Kier molecular flexibility index (Phi) is 7.89. The van der Waals surface area contributed by atoms with Crippen LogP contribution in [0.4, 0.5) is 0 Å². The van der Waals surface area contributed by atoms with Gasteiger partial charge in [-0.3, -0.25) is 9.36 Å². The number of para-hydroxylation sites is 1. The monoisotopic (exact) mass is 423 g/mol. The highest BCUT2D eigenvalue weighted by molar-refractivity contribution is 7.99. The number of aromatic nitrogens is 2. The summed E-state index contributed by atoms with van der Waals surface area (Å²) in [5.74, 6) is 1.29. The highest BCUT2D eigenvalue weighted by atomic mass is 32.2. The van der Waals surface area contributed by atoms with E-state index in [1.54, 1.807) is 22.8 Å². The van der Waals surface area contributed by atoms with Crippen LogP contribution in [0.2, 0.25) is 0 Å². The van der Waals surface area contributed by atoms with E-state index in [2.05, 4.69) is 6.07 Å². The lowest BCUT2D eigenvalue weighted by molar-refractivity contribution is 0.0743. The van der Waals surface area contributed by atoms with Gasteiger partial charge in [0.25, 0.3) is 5.56 Å². The number of nitriles is 1. The molecule has 0 spiro atoms. The average molecular weight is 424 g/mol. The first-order valence-corrected chi connectivity index (χ1v) is 10.9. The van der Waals surface area contributed by atoms with Crippen molar-refractivity contribution in [2.24, 2.45) is 0 Å². The Morgan fingerprint density at radius 3 is 2.80 bits per heavy atom. The summed E-state index contributed by atoms with van der Waals surface area (Å²) in [7, 11) is 0. The van der Waals surface area contributed by atoms with Crippen LogP contribution >= 0.6 is 11.8 Å². The summed E-state index contributed by atoms with van der Waals surface area (Å²) < 4.78 is 13.1. The zero-order valence-electron chi connectivity index (χ0n) is 17.2. The molecule has 0 amide bonds. The minimum absolute atomic E-state index is 0.0321. The molecule has 3 rings (SSSR count). The van der Waals surface area contributed by atoms with Gasteiger partial charge in [0.15, 0.2) is 5.16 Å². The quantitative estimate of drug-likeness (QED) is 0.276. The van der Waals surface area contributed by atoms with Crippen LogP contribution in [0.3, 0.4) is 0 Å². The lowest BCUT2D eigenvalue weighted by Crippen LogP contribution is -2.24. The summed E-state index contributed by atoms with van der Waals surface area (Å²) >= 11 is 1.49. The van der Waals surface area contributed by atoms with Gasteiger partial charge in [-0.25, -0.2) is 4.98 Å². The topological polar surface area (TPSA) is 77.1 Å². The largest absolute Gasteiger partial charge is 0.493 e. The first kappa shape index (κ1) is 21.9. The lowest BCUT2D eigenvalue weighted by Gasteiger charge is -2.14. The van der Waals surface area contributed by atoms with Gasteiger partial charge in [-0.15, -0.1) is 0 Å². The van der Waals surface area contributed by atoms with Crippen LogP contribution in [-0.2, 0) is 11.3 Å². The number of nitrogens with zero attached hydrogens (tertiary/aromatic N) is 3. The SMILES string of the molecule is CC(C)OCCCn1c(SCCOc2cccc(C#N)c2)nc2ccccc2c1=O. The standard InChI is InChI=1S/C23H25N3O3S/c1-17(2)28-12-6-11-26-22(27)20-9-3-4-10-21(20)25-23(26)30-14-13-29-19-8-5-7-18(15-19)16-24/h3-5,7-10,15,17H,6,11-14H2,1-2H3. The number of thioether (sulfide) groups is 1. The Bertz CT molecular complexity index is 1090. The zero-order valence-corrected chi connectivity index (χ0v) is 18.0. The Morgan fingerprint density at radius 1 is 1.17 bits per heavy atom. The molecular weight excluding hydrogens is 398 g/mol. The normalized spacial score (nSPS) is 11.0. The van der Waals surface area contributed by atoms with E-state index in [9.17, 15) is 4.79 Å². The summed E-state index contributed by atoms with van der Waals surface area (Å²) in [6.07, 6.45) is 0.908. The van der Waals surface area contributed by atoms with Crippen LogP contribution < -0.4 is 10.3 Å². The van der Waals surface area contributed by atoms with Gasteiger partial charge in [0, 0.05) is 18.9 Å². The molecule has 0 aliphatic carbocycles.